The van der Waals surface area contributed by atoms with Crippen molar-refractivity contribution in [1.29, 1.82) is 0 Å². The van der Waals surface area contributed by atoms with E-state index in [1.54, 1.807) is 48.5 Å². The molecule has 0 saturated heterocycles. The lowest BCUT2D eigenvalue weighted by atomic mass is 10.1. The Morgan fingerprint density at radius 3 is 1.78 bits per heavy atom. The average molecular weight is 485 g/mol. The van der Waals surface area contributed by atoms with Gasteiger partial charge in [0.15, 0.2) is 0 Å². The first-order valence-electron chi connectivity index (χ1n) is 11.4. The van der Waals surface area contributed by atoms with E-state index in [1.165, 1.54) is 14.2 Å². The highest BCUT2D eigenvalue weighted by Gasteiger charge is 2.17. The number of ether oxygens (including phenoxy) is 2. The van der Waals surface area contributed by atoms with Gasteiger partial charge in [-0.15, -0.1) is 0 Å². The molecule has 0 fully saturated rings. The molecule has 0 aliphatic rings. The second-order valence-corrected chi connectivity index (χ2v) is 8.31. The van der Waals surface area contributed by atoms with E-state index in [9.17, 15) is 9.59 Å². The van der Waals surface area contributed by atoms with Crippen LogP contribution in [0.3, 0.4) is 0 Å². The topological polar surface area (TPSA) is 94.5 Å². The summed E-state index contributed by atoms with van der Waals surface area (Å²) in [5.74, 6) is 0.187. The lowest BCUT2D eigenvalue weighted by Gasteiger charge is -2.16. The molecule has 36 heavy (non-hydrogen) atoms. The molecule has 0 unspecified atom stereocenters. The van der Waals surface area contributed by atoms with Gasteiger partial charge in [-0.05, 0) is 49.7 Å². The van der Waals surface area contributed by atoms with Gasteiger partial charge in [0.2, 0.25) is 0 Å². The SMILES string of the molecule is COc1cc(NC(=O)c2ccc(Cn3nc(C)cc3C)cc2)c(OC)cc1NC(=O)c1ccccc1. The molecule has 1 heterocycles. The maximum absolute atomic E-state index is 13.0. The van der Waals surface area contributed by atoms with Crippen LogP contribution in [0.15, 0.2) is 72.8 Å². The van der Waals surface area contributed by atoms with Crippen LogP contribution in [0, 0.1) is 13.8 Å². The van der Waals surface area contributed by atoms with Crippen LogP contribution in [-0.4, -0.2) is 35.8 Å². The number of nitrogens with one attached hydrogen (secondary N) is 2. The molecule has 0 aliphatic heterocycles. The summed E-state index contributed by atoms with van der Waals surface area (Å²) < 4.78 is 12.9. The zero-order valence-electron chi connectivity index (χ0n) is 20.7. The first kappa shape index (κ1) is 24.5. The minimum absolute atomic E-state index is 0.284. The van der Waals surface area contributed by atoms with Crippen LogP contribution in [-0.2, 0) is 6.54 Å². The van der Waals surface area contributed by atoms with E-state index in [1.807, 2.05) is 42.8 Å². The second-order valence-electron chi connectivity index (χ2n) is 8.31. The van der Waals surface area contributed by atoms with Crippen molar-refractivity contribution in [1.82, 2.24) is 9.78 Å². The van der Waals surface area contributed by atoms with Crippen molar-refractivity contribution < 1.29 is 19.1 Å². The normalized spacial score (nSPS) is 10.6. The van der Waals surface area contributed by atoms with Crippen LogP contribution in [0.5, 0.6) is 11.5 Å². The maximum Gasteiger partial charge on any atom is 0.255 e. The van der Waals surface area contributed by atoms with Crippen molar-refractivity contribution in [2.45, 2.75) is 20.4 Å². The second kappa shape index (κ2) is 10.8. The van der Waals surface area contributed by atoms with E-state index < -0.39 is 0 Å². The molecule has 4 rings (SSSR count). The van der Waals surface area contributed by atoms with E-state index in [0.29, 0.717) is 40.5 Å². The highest BCUT2D eigenvalue weighted by atomic mass is 16.5. The van der Waals surface area contributed by atoms with E-state index in [2.05, 4.69) is 15.7 Å². The van der Waals surface area contributed by atoms with E-state index >= 15 is 0 Å². The van der Waals surface area contributed by atoms with Crippen LogP contribution < -0.4 is 20.1 Å². The van der Waals surface area contributed by atoms with Gasteiger partial charge in [-0.25, -0.2) is 0 Å². The van der Waals surface area contributed by atoms with Gasteiger partial charge in [-0.3, -0.25) is 14.3 Å². The van der Waals surface area contributed by atoms with Crippen LogP contribution in [0.1, 0.15) is 37.7 Å². The molecule has 8 nitrogen and oxygen atoms in total. The maximum atomic E-state index is 13.0. The first-order valence-corrected chi connectivity index (χ1v) is 11.4. The van der Waals surface area contributed by atoms with Crippen LogP contribution in [0.4, 0.5) is 11.4 Å². The molecule has 2 amide bonds. The lowest BCUT2D eigenvalue weighted by Crippen LogP contribution is -2.15. The molecule has 3 aromatic carbocycles. The molecule has 4 aromatic rings. The number of aryl methyl sites for hydroxylation is 2. The summed E-state index contributed by atoms with van der Waals surface area (Å²) in [6.07, 6.45) is 0. The van der Waals surface area contributed by atoms with Gasteiger partial charge in [0, 0.05) is 29.0 Å². The summed E-state index contributed by atoms with van der Waals surface area (Å²) in [4.78, 5) is 25.6. The van der Waals surface area contributed by atoms with E-state index in [0.717, 1.165) is 17.0 Å². The summed E-state index contributed by atoms with van der Waals surface area (Å²) in [5.41, 5.74) is 4.94. The van der Waals surface area contributed by atoms with E-state index in [-0.39, 0.29) is 11.8 Å². The molecule has 0 radical (unpaired) electrons. The van der Waals surface area contributed by atoms with Crippen LogP contribution >= 0.6 is 0 Å². The molecule has 1 aromatic heterocycles. The Labute approximate surface area is 209 Å². The number of hydrogen-bond acceptors (Lipinski definition) is 5. The molecular formula is C28H28N4O4. The summed E-state index contributed by atoms with van der Waals surface area (Å²) in [7, 11) is 2.99. The monoisotopic (exact) mass is 484 g/mol. The Morgan fingerprint density at radius 1 is 0.778 bits per heavy atom. The molecule has 0 atom stereocenters. The fraction of sp³-hybridized carbons (Fsp3) is 0.179. The van der Waals surface area contributed by atoms with Crippen molar-refractivity contribution in [2.75, 3.05) is 24.9 Å². The molecule has 0 bridgehead atoms. The zero-order chi connectivity index (χ0) is 25.7. The number of nitrogens with zero attached hydrogens (tertiary/aromatic N) is 2. The van der Waals surface area contributed by atoms with E-state index in [4.69, 9.17) is 9.47 Å². The Hall–Kier alpha value is -4.59. The third kappa shape index (κ3) is 5.55. The van der Waals surface area contributed by atoms with Gasteiger partial charge in [0.05, 0.1) is 37.8 Å². The molecule has 0 spiro atoms. The number of amides is 2. The Morgan fingerprint density at radius 2 is 1.31 bits per heavy atom. The summed E-state index contributed by atoms with van der Waals surface area (Å²) in [6, 6.07) is 21.5. The molecule has 184 valence electrons. The van der Waals surface area contributed by atoms with Gasteiger partial charge < -0.3 is 20.1 Å². The third-order valence-corrected chi connectivity index (χ3v) is 5.71. The molecule has 2 N–H and O–H groups in total. The molecular weight excluding hydrogens is 456 g/mol. The Bertz CT molecular complexity index is 1380. The smallest absolute Gasteiger partial charge is 0.255 e. The minimum Gasteiger partial charge on any atom is -0.494 e. The number of aromatic nitrogens is 2. The Balaban J connectivity index is 1.50. The molecule has 0 saturated carbocycles. The number of rotatable bonds is 8. The zero-order valence-corrected chi connectivity index (χ0v) is 20.7. The number of carbonyl (C=O) groups excluding carboxylic acids is 2. The van der Waals surface area contributed by atoms with Gasteiger partial charge in [0.25, 0.3) is 11.8 Å². The van der Waals surface area contributed by atoms with Gasteiger partial charge in [-0.2, -0.15) is 5.10 Å². The minimum atomic E-state index is -0.297. The van der Waals surface area contributed by atoms with Crippen molar-refractivity contribution in [2.24, 2.45) is 0 Å². The van der Waals surface area contributed by atoms with Crippen LogP contribution in [0.2, 0.25) is 0 Å². The Kier molecular flexibility index (Phi) is 7.34. The number of methoxy groups -OCH3 is 2. The number of anilines is 2. The van der Waals surface area contributed by atoms with Gasteiger partial charge in [-0.1, -0.05) is 30.3 Å². The van der Waals surface area contributed by atoms with Gasteiger partial charge in [0.1, 0.15) is 11.5 Å². The molecule has 0 aliphatic carbocycles. The van der Waals surface area contributed by atoms with Crippen molar-refractivity contribution in [3.63, 3.8) is 0 Å². The largest absolute Gasteiger partial charge is 0.494 e. The summed E-state index contributed by atoms with van der Waals surface area (Å²) in [6.45, 7) is 4.61. The average Bonchev–Trinajstić information content (AvgIpc) is 3.21. The van der Waals surface area contributed by atoms with Crippen molar-refractivity contribution in [3.8, 4) is 11.5 Å². The standard InChI is InChI=1S/C28H28N4O4/c1-18-14-19(2)32(31-18)17-20-10-12-22(13-11-20)28(34)30-24-16-25(35-3)23(15-26(24)36-4)29-27(33)21-8-6-5-7-9-21/h5-16H,17H2,1-4H3,(H,29,33)(H,30,34). The van der Waals surface area contributed by atoms with Crippen molar-refractivity contribution in [3.05, 3.63) is 101 Å². The number of benzene rings is 3. The summed E-state index contributed by atoms with van der Waals surface area (Å²) in [5, 5.41) is 10.2. The fourth-order valence-corrected chi connectivity index (χ4v) is 3.84. The highest BCUT2D eigenvalue weighted by Crippen LogP contribution is 2.37. The van der Waals surface area contributed by atoms with Crippen LogP contribution in [0.25, 0.3) is 0 Å². The third-order valence-electron chi connectivity index (χ3n) is 5.71. The predicted octanol–water partition coefficient (Wildman–Crippen LogP) is 5.07. The quantitative estimate of drug-likeness (QED) is 0.364. The first-order chi connectivity index (χ1) is 17.4. The lowest BCUT2D eigenvalue weighted by molar-refractivity contribution is 0.101. The molecule has 8 heteroatoms. The summed E-state index contributed by atoms with van der Waals surface area (Å²) >= 11 is 0. The highest BCUT2D eigenvalue weighted by molar-refractivity contribution is 6.07. The van der Waals surface area contributed by atoms with Gasteiger partial charge >= 0.3 is 0 Å². The number of hydrogen-bond donors (Lipinski definition) is 2. The number of carbonyl (C=O) groups is 2. The fourth-order valence-electron chi connectivity index (χ4n) is 3.84. The van der Waals surface area contributed by atoms with Crippen molar-refractivity contribution >= 4 is 23.2 Å². The predicted molar refractivity (Wildman–Crippen MR) is 139 cm³/mol.